The summed E-state index contributed by atoms with van der Waals surface area (Å²) in [5, 5.41) is 2.91. The summed E-state index contributed by atoms with van der Waals surface area (Å²) in [6.45, 7) is 4.36. The van der Waals surface area contributed by atoms with Gasteiger partial charge in [0.25, 0.3) is 5.91 Å². The van der Waals surface area contributed by atoms with Crippen molar-refractivity contribution in [3.8, 4) is 5.75 Å². The van der Waals surface area contributed by atoms with Crippen LogP contribution in [-0.2, 0) is 6.54 Å². The average Bonchev–Trinajstić information content (AvgIpc) is 3.36. The molecule has 4 rings (SSSR count). The third kappa shape index (κ3) is 3.95. The van der Waals surface area contributed by atoms with Gasteiger partial charge in [0.15, 0.2) is 0 Å². The van der Waals surface area contributed by atoms with Crippen LogP contribution in [0, 0.1) is 0 Å². The third-order valence-electron chi connectivity index (χ3n) is 5.09. The predicted molar refractivity (Wildman–Crippen MR) is 106 cm³/mol. The summed E-state index contributed by atoms with van der Waals surface area (Å²) in [5.74, 6) is 0.613. The van der Waals surface area contributed by atoms with Gasteiger partial charge in [-0.25, -0.2) is 4.98 Å². The molecule has 6 heteroatoms. The number of rotatable bonds is 6. The summed E-state index contributed by atoms with van der Waals surface area (Å²) in [5.41, 5.74) is 3.24. The van der Waals surface area contributed by atoms with E-state index in [1.54, 1.807) is 7.11 Å². The van der Waals surface area contributed by atoms with E-state index in [1.807, 2.05) is 48.8 Å². The number of methoxy groups -OCH3 is 1. The summed E-state index contributed by atoms with van der Waals surface area (Å²) in [6, 6.07) is 13.0. The van der Waals surface area contributed by atoms with Crippen LogP contribution < -0.4 is 10.1 Å². The van der Waals surface area contributed by atoms with E-state index in [1.165, 1.54) is 25.9 Å². The van der Waals surface area contributed by atoms with Crippen molar-refractivity contribution < 1.29 is 9.53 Å². The number of carbonyl (C=O) groups is 1. The van der Waals surface area contributed by atoms with E-state index in [2.05, 4.69) is 19.8 Å². The van der Waals surface area contributed by atoms with Crippen molar-refractivity contribution in [3.05, 3.63) is 54.4 Å². The van der Waals surface area contributed by atoms with Crippen LogP contribution in [0.15, 0.2) is 48.8 Å². The monoisotopic (exact) mass is 364 g/mol. The molecular formula is C21H24N4O2. The molecule has 3 aromatic rings. The average molecular weight is 364 g/mol. The topological polar surface area (TPSA) is 59.4 Å². The zero-order valence-electron chi connectivity index (χ0n) is 15.5. The highest BCUT2D eigenvalue weighted by atomic mass is 16.5. The van der Waals surface area contributed by atoms with Crippen LogP contribution in [0.2, 0.25) is 0 Å². The van der Waals surface area contributed by atoms with Gasteiger partial charge in [-0.1, -0.05) is 0 Å². The Morgan fingerprint density at radius 1 is 1.11 bits per heavy atom. The lowest BCUT2D eigenvalue weighted by Crippen LogP contribution is -2.23. The minimum absolute atomic E-state index is 0.145. The maximum atomic E-state index is 12.5. The summed E-state index contributed by atoms with van der Waals surface area (Å²) < 4.78 is 7.30. The van der Waals surface area contributed by atoms with Crippen molar-refractivity contribution in [3.63, 3.8) is 0 Å². The molecule has 1 saturated heterocycles. The van der Waals surface area contributed by atoms with Gasteiger partial charge in [-0.05, 0) is 68.4 Å². The minimum Gasteiger partial charge on any atom is -0.497 e. The number of ether oxygens (including phenoxy) is 1. The van der Waals surface area contributed by atoms with Gasteiger partial charge in [0.2, 0.25) is 0 Å². The number of hydrogen-bond donors (Lipinski definition) is 1. The third-order valence-corrected chi connectivity index (χ3v) is 5.09. The molecule has 27 heavy (non-hydrogen) atoms. The fraction of sp³-hybridized carbons (Fsp3) is 0.333. The summed E-state index contributed by atoms with van der Waals surface area (Å²) in [4.78, 5) is 19.5. The quantitative estimate of drug-likeness (QED) is 0.728. The van der Waals surface area contributed by atoms with Gasteiger partial charge >= 0.3 is 0 Å². The lowest BCUT2D eigenvalue weighted by Gasteiger charge is -2.15. The molecule has 0 saturated carbocycles. The van der Waals surface area contributed by atoms with Gasteiger partial charge < -0.3 is 19.5 Å². The van der Waals surface area contributed by atoms with Crippen molar-refractivity contribution in [2.24, 2.45) is 0 Å². The molecule has 1 aromatic heterocycles. The maximum absolute atomic E-state index is 12.5. The van der Waals surface area contributed by atoms with Crippen molar-refractivity contribution in [2.45, 2.75) is 19.4 Å². The highest BCUT2D eigenvalue weighted by Gasteiger charge is 2.13. The molecule has 2 heterocycles. The Labute approximate surface area is 158 Å². The van der Waals surface area contributed by atoms with Gasteiger partial charge in [0.05, 0.1) is 24.5 Å². The Balaban J connectivity index is 1.45. The molecular weight excluding hydrogens is 340 g/mol. The molecule has 1 aliphatic rings. The van der Waals surface area contributed by atoms with Crippen LogP contribution >= 0.6 is 0 Å². The first kappa shape index (κ1) is 17.5. The lowest BCUT2D eigenvalue weighted by molar-refractivity contribution is 0.102. The van der Waals surface area contributed by atoms with Crippen molar-refractivity contribution >= 4 is 22.6 Å². The molecule has 1 amide bonds. The van der Waals surface area contributed by atoms with E-state index < -0.39 is 0 Å². The SMILES string of the molecule is COc1ccc(NC(=O)c2ccc3c(c2)ncn3CCN2CCCC2)cc1. The first-order valence-corrected chi connectivity index (χ1v) is 9.35. The normalized spacial score (nSPS) is 14.6. The van der Waals surface area contributed by atoms with E-state index >= 15 is 0 Å². The van der Waals surface area contributed by atoms with E-state index in [9.17, 15) is 4.79 Å². The molecule has 1 N–H and O–H groups in total. The first-order valence-electron chi connectivity index (χ1n) is 9.35. The number of imidazole rings is 1. The molecule has 0 bridgehead atoms. The van der Waals surface area contributed by atoms with Crippen molar-refractivity contribution in [2.75, 3.05) is 32.1 Å². The molecule has 140 valence electrons. The van der Waals surface area contributed by atoms with Gasteiger partial charge in [-0.15, -0.1) is 0 Å². The number of aromatic nitrogens is 2. The molecule has 2 aromatic carbocycles. The fourth-order valence-corrected chi connectivity index (χ4v) is 3.52. The van der Waals surface area contributed by atoms with Crippen LogP contribution in [0.4, 0.5) is 5.69 Å². The van der Waals surface area contributed by atoms with Crippen molar-refractivity contribution in [1.29, 1.82) is 0 Å². The Morgan fingerprint density at radius 3 is 2.63 bits per heavy atom. The van der Waals surface area contributed by atoms with Gasteiger partial charge in [0, 0.05) is 24.3 Å². The molecule has 0 spiro atoms. The van der Waals surface area contributed by atoms with E-state index in [0.717, 1.165) is 35.6 Å². The van der Waals surface area contributed by atoms with Crippen LogP contribution in [0.1, 0.15) is 23.2 Å². The fourth-order valence-electron chi connectivity index (χ4n) is 3.52. The Bertz CT molecular complexity index is 927. The van der Waals surface area contributed by atoms with Crippen LogP contribution in [-0.4, -0.2) is 47.1 Å². The second-order valence-corrected chi connectivity index (χ2v) is 6.87. The number of hydrogen-bond acceptors (Lipinski definition) is 4. The second-order valence-electron chi connectivity index (χ2n) is 6.87. The number of benzene rings is 2. The summed E-state index contributed by atoms with van der Waals surface area (Å²) in [7, 11) is 1.62. The van der Waals surface area contributed by atoms with E-state index in [-0.39, 0.29) is 5.91 Å². The smallest absolute Gasteiger partial charge is 0.255 e. The van der Waals surface area contributed by atoms with Gasteiger partial charge in [0.1, 0.15) is 5.75 Å². The standard InChI is InChI=1S/C21H24N4O2/c1-27-18-7-5-17(6-8-18)23-21(26)16-4-9-20-19(14-16)22-15-25(20)13-12-24-10-2-3-11-24/h4-9,14-15H,2-3,10-13H2,1H3,(H,23,26). The van der Waals surface area contributed by atoms with E-state index in [0.29, 0.717) is 5.56 Å². The van der Waals surface area contributed by atoms with Crippen molar-refractivity contribution in [1.82, 2.24) is 14.5 Å². The van der Waals surface area contributed by atoms with Gasteiger partial charge in [-0.2, -0.15) is 0 Å². The number of nitrogens with one attached hydrogen (secondary N) is 1. The number of fused-ring (bicyclic) bond motifs is 1. The summed E-state index contributed by atoms with van der Waals surface area (Å²) in [6.07, 6.45) is 4.47. The number of amides is 1. The minimum atomic E-state index is -0.145. The summed E-state index contributed by atoms with van der Waals surface area (Å²) >= 11 is 0. The lowest BCUT2D eigenvalue weighted by atomic mass is 10.1. The zero-order chi connectivity index (χ0) is 18.6. The van der Waals surface area contributed by atoms with E-state index in [4.69, 9.17) is 4.74 Å². The Hall–Kier alpha value is -2.86. The highest BCUT2D eigenvalue weighted by Crippen LogP contribution is 2.19. The van der Waals surface area contributed by atoms with Crippen LogP contribution in [0.5, 0.6) is 5.75 Å². The molecule has 0 atom stereocenters. The number of carbonyl (C=O) groups excluding carboxylic acids is 1. The molecule has 1 fully saturated rings. The molecule has 0 unspecified atom stereocenters. The molecule has 6 nitrogen and oxygen atoms in total. The second kappa shape index (κ2) is 7.80. The number of anilines is 1. The Kier molecular flexibility index (Phi) is 5.07. The molecule has 0 radical (unpaired) electrons. The van der Waals surface area contributed by atoms with Crippen LogP contribution in [0.25, 0.3) is 11.0 Å². The molecule has 1 aliphatic heterocycles. The largest absolute Gasteiger partial charge is 0.497 e. The number of nitrogens with zero attached hydrogens (tertiary/aromatic N) is 3. The Morgan fingerprint density at radius 2 is 1.89 bits per heavy atom. The number of likely N-dealkylation sites (tertiary alicyclic amines) is 1. The van der Waals surface area contributed by atoms with Gasteiger partial charge in [-0.3, -0.25) is 4.79 Å². The predicted octanol–water partition coefficient (Wildman–Crippen LogP) is 3.39. The first-order chi connectivity index (χ1) is 13.2. The zero-order valence-corrected chi connectivity index (χ0v) is 15.5. The molecule has 0 aliphatic carbocycles. The maximum Gasteiger partial charge on any atom is 0.255 e. The highest BCUT2D eigenvalue weighted by molar-refractivity contribution is 6.05. The van der Waals surface area contributed by atoms with Crippen LogP contribution in [0.3, 0.4) is 0 Å².